The van der Waals surface area contributed by atoms with Gasteiger partial charge in [-0.05, 0) is 50.0 Å². The van der Waals surface area contributed by atoms with E-state index in [4.69, 9.17) is 4.42 Å². The van der Waals surface area contributed by atoms with Gasteiger partial charge in [0.25, 0.3) is 5.91 Å². The maximum Gasteiger partial charge on any atom is 0.287 e. The number of aryl methyl sites for hydroxylation is 1. The first-order valence-corrected chi connectivity index (χ1v) is 7.97. The van der Waals surface area contributed by atoms with E-state index < -0.39 is 0 Å². The Kier molecular flexibility index (Phi) is 4.59. The predicted octanol–water partition coefficient (Wildman–Crippen LogP) is 2.99. The number of amides is 1. The second-order valence-corrected chi connectivity index (χ2v) is 5.71. The molecule has 116 valence electrons. The van der Waals surface area contributed by atoms with E-state index in [1.54, 1.807) is 6.07 Å². The molecule has 1 aromatic carbocycles. The van der Waals surface area contributed by atoms with Crippen LogP contribution in [0.2, 0.25) is 0 Å². The highest BCUT2D eigenvalue weighted by molar-refractivity contribution is 5.92. The van der Waals surface area contributed by atoms with E-state index in [0.717, 1.165) is 43.7 Å². The van der Waals surface area contributed by atoms with Gasteiger partial charge >= 0.3 is 0 Å². The molecule has 1 aliphatic heterocycles. The maximum absolute atomic E-state index is 12.2. The summed E-state index contributed by atoms with van der Waals surface area (Å²) in [6.45, 7) is 4.04. The molecule has 1 saturated heterocycles. The van der Waals surface area contributed by atoms with Crippen LogP contribution in [0.4, 0.5) is 0 Å². The molecule has 1 amide bonds. The van der Waals surface area contributed by atoms with Crippen molar-refractivity contribution in [2.45, 2.75) is 32.2 Å². The van der Waals surface area contributed by atoms with E-state index >= 15 is 0 Å². The molecule has 4 heteroatoms. The molecule has 0 radical (unpaired) electrons. The van der Waals surface area contributed by atoms with E-state index in [9.17, 15) is 4.79 Å². The third kappa shape index (κ3) is 3.39. The van der Waals surface area contributed by atoms with Crippen LogP contribution in [0.15, 0.2) is 40.8 Å². The number of furan rings is 1. The van der Waals surface area contributed by atoms with E-state index in [2.05, 4.69) is 29.7 Å². The minimum atomic E-state index is -0.122. The van der Waals surface area contributed by atoms with Gasteiger partial charge < -0.3 is 15.1 Å². The Morgan fingerprint density at radius 3 is 2.59 bits per heavy atom. The number of carbonyl (C=O) groups excluding carboxylic acids is 1. The number of piperidine rings is 1. The molecular formula is C18H22N2O2. The van der Waals surface area contributed by atoms with E-state index in [1.165, 1.54) is 5.56 Å². The molecule has 2 heterocycles. The van der Waals surface area contributed by atoms with Gasteiger partial charge in [-0.2, -0.15) is 0 Å². The Hall–Kier alpha value is -2.07. The molecule has 2 aromatic rings. The highest BCUT2D eigenvalue weighted by Gasteiger charge is 2.18. The topological polar surface area (TPSA) is 54.3 Å². The van der Waals surface area contributed by atoms with Crippen molar-refractivity contribution in [1.29, 1.82) is 0 Å². The molecule has 1 aromatic heterocycles. The monoisotopic (exact) mass is 298 g/mol. The third-order valence-electron chi connectivity index (χ3n) is 4.15. The lowest BCUT2D eigenvalue weighted by molar-refractivity contribution is 0.0902. The van der Waals surface area contributed by atoms with Gasteiger partial charge in [0.05, 0.1) is 0 Å². The van der Waals surface area contributed by atoms with Gasteiger partial charge in [0.2, 0.25) is 0 Å². The largest absolute Gasteiger partial charge is 0.451 e. The highest BCUT2D eigenvalue weighted by Crippen LogP contribution is 2.23. The molecular weight excluding hydrogens is 276 g/mol. The maximum atomic E-state index is 12.2. The average Bonchev–Trinajstić information content (AvgIpc) is 3.06. The summed E-state index contributed by atoms with van der Waals surface area (Å²) in [6, 6.07) is 12.1. The number of hydrogen-bond acceptors (Lipinski definition) is 3. The molecule has 2 N–H and O–H groups in total. The van der Waals surface area contributed by atoms with E-state index in [-0.39, 0.29) is 11.9 Å². The fourth-order valence-electron chi connectivity index (χ4n) is 2.74. The van der Waals surface area contributed by atoms with Crippen molar-refractivity contribution >= 4 is 5.91 Å². The number of benzene rings is 1. The van der Waals surface area contributed by atoms with Crippen LogP contribution in [0.25, 0.3) is 11.3 Å². The van der Waals surface area contributed by atoms with Crippen molar-refractivity contribution in [2.24, 2.45) is 0 Å². The zero-order chi connectivity index (χ0) is 15.4. The molecule has 0 spiro atoms. The molecule has 4 nitrogen and oxygen atoms in total. The number of rotatable bonds is 4. The minimum absolute atomic E-state index is 0.122. The Balaban J connectivity index is 1.68. The van der Waals surface area contributed by atoms with Crippen molar-refractivity contribution in [3.63, 3.8) is 0 Å². The van der Waals surface area contributed by atoms with Crippen molar-refractivity contribution in [3.8, 4) is 11.3 Å². The van der Waals surface area contributed by atoms with Crippen molar-refractivity contribution < 1.29 is 9.21 Å². The molecule has 1 aliphatic rings. The molecule has 0 bridgehead atoms. The van der Waals surface area contributed by atoms with Gasteiger partial charge in [-0.1, -0.05) is 31.2 Å². The fraction of sp³-hybridized carbons (Fsp3) is 0.389. The van der Waals surface area contributed by atoms with Crippen molar-refractivity contribution in [1.82, 2.24) is 10.6 Å². The summed E-state index contributed by atoms with van der Waals surface area (Å²) in [5.41, 5.74) is 2.29. The van der Waals surface area contributed by atoms with Crippen LogP contribution in [0.3, 0.4) is 0 Å². The smallest absolute Gasteiger partial charge is 0.287 e. The second-order valence-electron chi connectivity index (χ2n) is 5.71. The van der Waals surface area contributed by atoms with Crippen LogP contribution < -0.4 is 10.6 Å². The summed E-state index contributed by atoms with van der Waals surface area (Å²) in [5, 5.41) is 6.33. The summed E-state index contributed by atoms with van der Waals surface area (Å²) >= 11 is 0. The lowest BCUT2D eigenvalue weighted by atomic mass is 10.1. The number of carbonyl (C=O) groups is 1. The van der Waals surface area contributed by atoms with Crippen LogP contribution in [0, 0.1) is 0 Å². The molecule has 1 fully saturated rings. The zero-order valence-electron chi connectivity index (χ0n) is 12.9. The van der Waals surface area contributed by atoms with Gasteiger partial charge in [0.15, 0.2) is 5.76 Å². The summed E-state index contributed by atoms with van der Waals surface area (Å²) in [4.78, 5) is 12.2. The molecule has 3 rings (SSSR count). The van der Waals surface area contributed by atoms with Gasteiger partial charge in [-0.3, -0.25) is 4.79 Å². The van der Waals surface area contributed by atoms with Gasteiger partial charge in [-0.25, -0.2) is 0 Å². The Morgan fingerprint density at radius 2 is 1.91 bits per heavy atom. The lowest BCUT2D eigenvalue weighted by Crippen LogP contribution is -2.42. The minimum Gasteiger partial charge on any atom is -0.451 e. The van der Waals surface area contributed by atoms with Crippen molar-refractivity contribution in [2.75, 3.05) is 13.1 Å². The average molecular weight is 298 g/mol. The van der Waals surface area contributed by atoms with Crippen LogP contribution in [0.5, 0.6) is 0 Å². The zero-order valence-corrected chi connectivity index (χ0v) is 12.9. The molecule has 0 saturated carbocycles. The number of nitrogens with one attached hydrogen (secondary N) is 2. The van der Waals surface area contributed by atoms with E-state index in [1.807, 2.05) is 18.2 Å². The standard InChI is InChI=1S/C18H22N2O2/c1-2-13-3-5-14(6-4-13)16-7-8-17(22-16)18(21)20-15-9-11-19-12-10-15/h3-8,15,19H,2,9-12H2,1H3,(H,20,21). The quantitative estimate of drug-likeness (QED) is 0.912. The van der Waals surface area contributed by atoms with Gasteiger partial charge in [0, 0.05) is 11.6 Å². The van der Waals surface area contributed by atoms with Gasteiger partial charge in [-0.15, -0.1) is 0 Å². The van der Waals surface area contributed by atoms with Crippen LogP contribution in [0.1, 0.15) is 35.9 Å². The molecule has 0 aliphatic carbocycles. The fourth-order valence-corrected chi connectivity index (χ4v) is 2.74. The summed E-state index contributed by atoms with van der Waals surface area (Å²) in [6.07, 6.45) is 2.96. The summed E-state index contributed by atoms with van der Waals surface area (Å²) < 4.78 is 5.72. The SMILES string of the molecule is CCc1ccc(-c2ccc(C(=O)NC3CCNCC3)o2)cc1. The first-order valence-electron chi connectivity index (χ1n) is 7.97. The molecule has 22 heavy (non-hydrogen) atoms. The van der Waals surface area contributed by atoms with Crippen LogP contribution >= 0.6 is 0 Å². The summed E-state index contributed by atoms with van der Waals surface area (Å²) in [5.74, 6) is 0.995. The highest BCUT2D eigenvalue weighted by atomic mass is 16.3. The van der Waals surface area contributed by atoms with E-state index in [0.29, 0.717) is 5.76 Å². The van der Waals surface area contributed by atoms with Gasteiger partial charge in [0.1, 0.15) is 5.76 Å². The van der Waals surface area contributed by atoms with Crippen molar-refractivity contribution in [3.05, 3.63) is 47.7 Å². The summed E-state index contributed by atoms with van der Waals surface area (Å²) in [7, 11) is 0. The first-order chi connectivity index (χ1) is 10.8. The van der Waals surface area contributed by atoms with Crippen LogP contribution in [-0.4, -0.2) is 25.0 Å². The molecule has 0 atom stereocenters. The molecule has 0 unspecified atom stereocenters. The van der Waals surface area contributed by atoms with Crippen LogP contribution in [-0.2, 0) is 6.42 Å². The third-order valence-corrected chi connectivity index (χ3v) is 4.15. The Morgan fingerprint density at radius 1 is 1.18 bits per heavy atom. The first kappa shape index (κ1) is 14.9. The normalized spacial score (nSPS) is 15.7. The number of hydrogen-bond donors (Lipinski definition) is 2. The lowest BCUT2D eigenvalue weighted by Gasteiger charge is -2.23. The Bertz CT molecular complexity index is 625. The predicted molar refractivity (Wildman–Crippen MR) is 86.9 cm³/mol. The second kappa shape index (κ2) is 6.79. The Labute approximate surface area is 130 Å².